The summed E-state index contributed by atoms with van der Waals surface area (Å²) >= 11 is 0. The van der Waals surface area contributed by atoms with E-state index in [-0.39, 0.29) is 11.4 Å². The summed E-state index contributed by atoms with van der Waals surface area (Å²) in [4.78, 5) is 20.0. The fraction of sp³-hybridized carbons (Fsp3) is 0.636. The predicted molar refractivity (Wildman–Crippen MR) is 64.6 cm³/mol. The van der Waals surface area contributed by atoms with Gasteiger partial charge in [-0.05, 0) is 19.3 Å². The first kappa shape index (κ1) is 10.6. The van der Waals surface area contributed by atoms with E-state index < -0.39 is 0 Å². The molecule has 1 aliphatic heterocycles. The molecule has 6 heteroatoms. The van der Waals surface area contributed by atoms with Crippen LogP contribution >= 0.6 is 0 Å². The third-order valence-corrected chi connectivity index (χ3v) is 3.79. The maximum atomic E-state index is 11.2. The summed E-state index contributed by atoms with van der Waals surface area (Å²) in [6.45, 7) is 1.82. The van der Waals surface area contributed by atoms with E-state index in [0.717, 1.165) is 25.9 Å². The number of nitrogen functional groups attached to an aromatic ring is 1. The normalized spacial score (nSPS) is 26.2. The third kappa shape index (κ3) is 1.78. The average molecular weight is 234 g/mol. The van der Waals surface area contributed by atoms with Gasteiger partial charge < -0.3 is 16.4 Å². The van der Waals surface area contributed by atoms with E-state index in [1.807, 2.05) is 4.90 Å². The number of rotatable bonds is 1. The van der Waals surface area contributed by atoms with Gasteiger partial charge in [0.2, 0.25) is 5.95 Å². The number of hydrogen-bond donors (Lipinski definition) is 3. The lowest BCUT2D eigenvalue weighted by atomic mass is 9.78. The minimum Gasteiger partial charge on any atom is -0.383 e. The first-order valence-corrected chi connectivity index (χ1v) is 5.86. The molecule has 1 unspecified atom stereocenters. The van der Waals surface area contributed by atoms with Gasteiger partial charge in [0.25, 0.3) is 5.56 Å². The Labute approximate surface area is 99.0 Å². The van der Waals surface area contributed by atoms with Crippen LogP contribution in [-0.2, 0) is 0 Å². The van der Waals surface area contributed by atoms with Gasteiger partial charge in [-0.15, -0.1) is 0 Å². The minimum atomic E-state index is -0.323. The highest BCUT2D eigenvalue weighted by Gasteiger charge is 2.47. The van der Waals surface area contributed by atoms with Gasteiger partial charge in [0.15, 0.2) is 0 Å². The van der Waals surface area contributed by atoms with Crippen molar-refractivity contribution in [3.05, 3.63) is 16.4 Å². The largest absolute Gasteiger partial charge is 0.383 e. The predicted octanol–water partition coefficient (Wildman–Crippen LogP) is -0.530. The van der Waals surface area contributed by atoms with Gasteiger partial charge in [-0.2, -0.15) is 4.98 Å². The van der Waals surface area contributed by atoms with Gasteiger partial charge in [-0.3, -0.25) is 9.78 Å². The molecule has 1 saturated heterocycles. The summed E-state index contributed by atoms with van der Waals surface area (Å²) in [6, 6.07) is 2.72. The molecule has 2 heterocycles. The van der Waals surface area contributed by atoms with Crippen LogP contribution in [0.25, 0.3) is 0 Å². The molecule has 1 atom stereocenters. The molecular formula is C11H16N5O. The third-order valence-electron chi connectivity index (χ3n) is 3.79. The number of anilines is 2. The molecule has 0 aromatic carbocycles. The Bertz CT molecular complexity index is 491. The topological polar surface area (TPSA) is 101 Å². The number of aromatic nitrogens is 2. The molecule has 1 aromatic heterocycles. The Balaban J connectivity index is 1.75. The van der Waals surface area contributed by atoms with Crippen LogP contribution in [0.4, 0.5) is 11.8 Å². The molecule has 2 fully saturated rings. The summed E-state index contributed by atoms with van der Waals surface area (Å²) in [5, 5.41) is 0. The van der Waals surface area contributed by atoms with E-state index in [9.17, 15) is 4.79 Å². The zero-order valence-electron chi connectivity index (χ0n) is 9.57. The van der Waals surface area contributed by atoms with Crippen LogP contribution in [0.1, 0.15) is 19.3 Å². The van der Waals surface area contributed by atoms with Crippen LogP contribution in [0.3, 0.4) is 0 Å². The molecule has 1 spiro atoms. The van der Waals surface area contributed by atoms with E-state index in [1.165, 1.54) is 6.42 Å². The number of nitrogens with two attached hydrogens (primary N) is 2. The number of aromatic amines is 1. The van der Waals surface area contributed by atoms with Crippen LogP contribution in [0.5, 0.6) is 0 Å². The maximum Gasteiger partial charge on any atom is 0.262 e. The Morgan fingerprint density at radius 3 is 2.88 bits per heavy atom. The number of hydrogen-bond acceptors (Lipinski definition) is 5. The zero-order valence-corrected chi connectivity index (χ0v) is 9.57. The first-order chi connectivity index (χ1) is 8.06. The van der Waals surface area contributed by atoms with Crippen molar-refractivity contribution in [3.8, 4) is 0 Å². The molecule has 5 N–H and O–H groups in total. The van der Waals surface area contributed by atoms with Crippen molar-refractivity contribution >= 4 is 11.8 Å². The van der Waals surface area contributed by atoms with E-state index in [0.29, 0.717) is 17.4 Å². The van der Waals surface area contributed by atoms with Crippen LogP contribution in [0, 0.1) is 11.5 Å². The molecule has 3 rings (SSSR count). The highest BCUT2D eigenvalue weighted by atomic mass is 16.1. The molecular weight excluding hydrogens is 218 g/mol. The minimum absolute atomic E-state index is 0.146. The molecule has 6 nitrogen and oxygen atoms in total. The Morgan fingerprint density at radius 1 is 1.53 bits per heavy atom. The van der Waals surface area contributed by atoms with Crippen molar-refractivity contribution < 1.29 is 0 Å². The van der Waals surface area contributed by atoms with E-state index in [1.54, 1.807) is 0 Å². The summed E-state index contributed by atoms with van der Waals surface area (Å²) in [5.74, 6) is 0.699. The second-order valence-electron chi connectivity index (χ2n) is 5.26. The van der Waals surface area contributed by atoms with Crippen molar-refractivity contribution in [2.45, 2.75) is 25.3 Å². The van der Waals surface area contributed by atoms with E-state index >= 15 is 0 Å². The van der Waals surface area contributed by atoms with Crippen LogP contribution in [-0.4, -0.2) is 29.1 Å². The summed E-state index contributed by atoms with van der Waals surface area (Å²) < 4.78 is 0. The molecule has 0 amide bonds. The van der Waals surface area contributed by atoms with Gasteiger partial charge in [0.05, 0.1) is 6.07 Å². The Hall–Kier alpha value is -1.56. The maximum absolute atomic E-state index is 11.2. The van der Waals surface area contributed by atoms with Gasteiger partial charge in [0, 0.05) is 24.5 Å². The molecule has 1 aromatic rings. The molecule has 91 valence electrons. The highest BCUT2D eigenvalue weighted by molar-refractivity contribution is 5.41. The van der Waals surface area contributed by atoms with E-state index in [4.69, 9.17) is 11.5 Å². The van der Waals surface area contributed by atoms with Gasteiger partial charge in [-0.1, -0.05) is 0 Å². The van der Waals surface area contributed by atoms with E-state index in [2.05, 4.69) is 16.0 Å². The number of nitrogens with zero attached hydrogens (tertiary/aromatic N) is 2. The SMILES string of the molecule is Nc1[c]c(=O)[nH]c(N2CC3(CCC(N)C3)C2)n1. The summed E-state index contributed by atoms with van der Waals surface area (Å²) in [7, 11) is 0. The molecule has 17 heavy (non-hydrogen) atoms. The van der Waals surface area contributed by atoms with Gasteiger partial charge >= 0.3 is 0 Å². The van der Waals surface area contributed by atoms with Crippen molar-refractivity contribution in [3.63, 3.8) is 0 Å². The molecule has 0 bridgehead atoms. The second-order valence-corrected chi connectivity index (χ2v) is 5.26. The smallest absolute Gasteiger partial charge is 0.262 e. The van der Waals surface area contributed by atoms with Crippen LogP contribution in [0.15, 0.2) is 4.79 Å². The highest BCUT2D eigenvalue weighted by Crippen LogP contribution is 2.45. The summed E-state index contributed by atoms with van der Waals surface area (Å²) in [6.07, 6.45) is 3.34. The Kier molecular flexibility index (Phi) is 2.16. The first-order valence-electron chi connectivity index (χ1n) is 5.86. The standard InChI is InChI=1S/C11H16N5O/c12-7-1-2-11(4-7)5-16(6-11)10-14-8(13)3-9(17)15-10/h7H,1-2,4-6,12H2,(H3,13,14,15,17). The fourth-order valence-corrected chi connectivity index (χ4v) is 3.02. The monoisotopic (exact) mass is 234 g/mol. The molecule has 1 aliphatic carbocycles. The quantitative estimate of drug-likeness (QED) is 0.606. The zero-order chi connectivity index (χ0) is 12.0. The van der Waals surface area contributed by atoms with Crippen molar-refractivity contribution in [2.75, 3.05) is 23.7 Å². The summed E-state index contributed by atoms with van der Waals surface area (Å²) in [5.41, 5.74) is 11.5. The molecule has 2 aliphatic rings. The lowest BCUT2D eigenvalue weighted by molar-refractivity contribution is 0.216. The Morgan fingerprint density at radius 2 is 2.29 bits per heavy atom. The van der Waals surface area contributed by atoms with Crippen molar-refractivity contribution in [1.29, 1.82) is 0 Å². The van der Waals surface area contributed by atoms with Crippen molar-refractivity contribution in [2.24, 2.45) is 11.1 Å². The van der Waals surface area contributed by atoms with Crippen LogP contribution < -0.4 is 21.9 Å². The van der Waals surface area contributed by atoms with Gasteiger partial charge in [0.1, 0.15) is 5.82 Å². The van der Waals surface area contributed by atoms with Crippen LogP contribution in [0.2, 0.25) is 0 Å². The van der Waals surface area contributed by atoms with Gasteiger partial charge in [-0.25, -0.2) is 0 Å². The molecule has 1 saturated carbocycles. The lowest BCUT2D eigenvalue weighted by Crippen LogP contribution is -2.56. The average Bonchev–Trinajstić information content (AvgIpc) is 2.56. The fourth-order valence-electron chi connectivity index (χ4n) is 3.02. The number of nitrogens with one attached hydrogen (secondary N) is 1. The molecule has 1 radical (unpaired) electrons. The van der Waals surface area contributed by atoms with Crippen molar-refractivity contribution in [1.82, 2.24) is 9.97 Å². The number of H-pyrrole nitrogens is 1. The lowest BCUT2D eigenvalue weighted by Gasteiger charge is -2.48. The second kappa shape index (κ2) is 3.46.